The Balaban J connectivity index is 2.70. The van der Waals surface area contributed by atoms with Gasteiger partial charge in [-0.1, -0.05) is 19.8 Å². The van der Waals surface area contributed by atoms with Crippen molar-refractivity contribution < 1.29 is 14.3 Å². The zero-order chi connectivity index (χ0) is 14.3. The van der Waals surface area contributed by atoms with Gasteiger partial charge in [0, 0.05) is 13.2 Å². The van der Waals surface area contributed by atoms with Gasteiger partial charge in [0.2, 0.25) is 5.88 Å². The van der Waals surface area contributed by atoms with Crippen molar-refractivity contribution in [1.82, 2.24) is 4.98 Å². The number of nitrogens with zero attached hydrogens (tertiary/aromatic N) is 1. The number of carbonyl (C=O) groups excluding carboxylic acids is 1. The zero-order valence-electron chi connectivity index (χ0n) is 12.0. The SMILES string of the molecule is CCCC[C@](C)(OC)C(=O)Nc1ccc(OC)nc1. The summed E-state index contributed by atoms with van der Waals surface area (Å²) in [5, 5.41) is 2.81. The molecular weight excluding hydrogens is 244 g/mol. The number of amides is 1. The van der Waals surface area contributed by atoms with E-state index in [1.165, 1.54) is 0 Å². The van der Waals surface area contributed by atoms with E-state index in [2.05, 4.69) is 17.2 Å². The van der Waals surface area contributed by atoms with Gasteiger partial charge in [0.1, 0.15) is 5.60 Å². The summed E-state index contributed by atoms with van der Waals surface area (Å²) in [5.41, 5.74) is -0.179. The van der Waals surface area contributed by atoms with Gasteiger partial charge in [0.05, 0.1) is 19.0 Å². The van der Waals surface area contributed by atoms with Crippen LogP contribution in [0.25, 0.3) is 0 Å². The minimum absolute atomic E-state index is 0.157. The van der Waals surface area contributed by atoms with Crippen molar-refractivity contribution in [2.24, 2.45) is 0 Å². The first-order valence-corrected chi connectivity index (χ1v) is 6.42. The molecule has 0 aliphatic rings. The molecule has 0 aliphatic heterocycles. The Kier molecular flexibility index (Phi) is 5.76. The van der Waals surface area contributed by atoms with Crippen LogP contribution >= 0.6 is 0 Å². The molecule has 0 bridgehead atoms. The zero-order valence-corrected chi connectivity index (χ0v) is 12.0. The molecule has 0 spiro atoms. The Labute approximate surface area is 114 Å². The Morgan fingerprint density at radius 2 is 2.16 bits per heavy atom. The fourth-order valence-corrected chi connectivity index (χ4v) is 1.66. The van der Waals surface area contributed by atoms with E-state index in [9.17, 15) is 4.79 Å². The number of carbonyl (C=O) groups is 1. The van der Waals surface area contributed by atoms with Gasteiger partial charge in [-0.25, -0.2) is 4.98 Å². The molecule has 0 unspecified atom stereocenters. The Hall–Kier alpha value is -1.62. The second kappa shape index (κ2) is 7.09. The Bertz CT molecular complexity index is 406. The number of hydrogen-bond acceptors (Lipinski definition) is 4. The first-order valence-electron chi connectivity index (χ1n) is 6.42. The van der Waals surface area contributed by atoms with Crippen molar-refractivity contribution in [2.45, 2.75) is 38.7 Å². The van der Waals surface area contributed by atoms with Gasteiger partial charge in [0.15, 0.2) is 0 Å². The van der Waals surface area contributed by atoms with Crippen molar-refractivity contribution in [1.29, 1.82) is 0 Å². The highest BCUT2D eigenvalue weighted by atomic mass is 16.5. The first-order chi connectivity index (χ1) is 9.05. The van der Waals surface area contributed by atoms with Crippen LogP contribution in [-0.4, -0.2) is 30.7 Å². The topological polar surface area (TPSA) is 60.5 Å². The molecule has 1 atom stereocenters. The summed E-state index contributed by atoms with van der Waals surface area (Å²) in [5.74, 6) is 0.355. The third-order valence-electron chi connectivity index (χ3n) is 3.14. The maximum Gasteiger partial charge on any atom is 0.256 e. The molecule has 1 N–H and O–H groups in total. The van der Waals surface area contributed by atoms with Crippen LogP contribution in [0.15, 0.2) is 18.3 Å². The van der Waals surface area contributed by atoms with Crippen LogP contribution in [0.5, 0.6) is 5.88 Å². The average Bonchev–Trinajstić information content (AvgIpc) is 2.45. The van der Waals surface area contributed by atoms with Gasteiger partial charge in [-0.3, -0.25) is 4.79 Å². The molecule has 1 rings (SSSR count). The third kappa shape index (κ3) is 4.21. The number of unbranched alkanes of at least 4 members (excludes halogenated alkanes) is 1. The standard InChI is InChI=1S/C14H22N2O3/c1-5-6-9-14(2,19-4)13(17)16-11-7-8-12(18-3)15-10-11/h7-8,10H,5-6,9H2,1-4H3,(H,16,17)/t14-/m0/s1. The summed E-state index contributed by atoms with van der Waals surface area (Å²) in [6, 6.07) is 3.45. The van der Waals surface area contributed by atoms with E-state index in [-0.39, 0.29) is 5.91 Å². The number of rotatable bonds is 7. The van der Waals surface area contributed by atoms with Gasteiger partial charge in [-0.15, -0.1) is 0 Å². The minimum Gasteiger partial charge on any atom is -0.481 e. The highest BCUT2D eigenvalue weighted by Crippen LogP contribution is 2.21. The molecule has 5 heteroatoms. The van der Waals surface area contributed by atoms with Gasteiger partial charge >= 0.3 is 0 Å². The molecule has 19 heavy (non-hydrogen) atoms. The molecule has 0 saturated carbocycles. The van der Waals surface area contributed by atoms with Crippen molar-refractivity contribution in [3.8, 4) is 5.88 Å². The first kappa shape index (κ1) is 15.4. The molecule has 0 saturated heterocycles. The van der Waals surface area contributed by atoms with Crippen LogP contribution in [0.4, 0.5) is 5.69 Å². The number of methoxy groups -OCH3 is 2. The lowest BCUT2D eigenvalue weighted by molar-refractivity contribution is -0.136. The normalized spacial score (nSPS) is 13.7. The lowest BCUT2D eigenvalue weighted by Crippen LogP contribution is -2.41. The molecule has 106 valence electrons. The van der Waals surface area contributed by atoms with Crippen molar-refractivity contribution in [3.05, 3.63) is 18.3 Å². The quantitative estimate of drug-likeness (QED) is 0.824. The minimum atomic E-state index is -0.810. The molecule has 1 aromatic rings. The van der Waals surface area contributed by atoms with Gasteiger partial charge in [-0.2, -0.15) is 0 Å². The molecule has 1 aromatic heterocycles. The average molecular weight is 266 g/mol. The summed E-state index contributed by atoms with van der Waals surface area (Å²) in [4.78, 5) is 16.3. The molecule has 0 aromatic carbocycles. The highest BCUT2D eigenvalue weighted by molar-refractivity contribution is 5.96. The number of hydrogen-bond donors (Lipinski definition) is 1. The lowest BCUT2D eigenvalue weighted by atomic mass is 9.97. The van der Waals surface area contributed by atoms with Crippen LogP contribution in [0.3, 0.4) is 0 Å². The van der Waals surface area contributed by atoms with Crippen LogP contribution in [0.1, 0.15) is 33.1 Å². The van der Waals surface area contributed by atoms with E-state index in [0.717, 1.165) is 12.8 Å². The Morgan fingerprint density at radius 1 is 1.42 bits per heavy atom. The maximum atomic E-state index is 12.2. The van der Waals surface area contributed by atoms with E-state index in [1.807, 2.05) is 0 Å². The van der Waals surface area contributed by atoms with Gasteiger partial charge in [-0.05, 0) is 19.4 Å². The third-order valence-corrected chi connectivity index (χ3v) is 3.14. The number of anilines is 1. The second-order valence-electron chi connectivity index (χ2n) is 4.58. The predicted octanol–water partition coefficient (Wildman–Crippen LogP) is 2.62. The van der Waals surface area contributed by atoms with Crippen molar-refractivity contribution in [2.75, 3.05) is 19.5 Å². The van der Waals surface area contributed by atoms with E-state index < -0.39 is 5.60 Å². The largest absolute Gasteiger partial charge is 0.481 e. The molecule has 0 fully saturated rings. The second-order valence-corrected chi connectivity index (χ2v) is 4.58. The number of pyridine rings is 1. The number of aromatic nitrogens is 1. The molecule has 1 heterocycles. The lowest BCUT2D eigenvalue weighted by Gasteiger charge is -2.26. The van der Waals surface area contributed by atoms with Crippen LogP contribution in [0, 0.1) is 0 Å². The highest BCUT2D eigenvalue weighted by Gasteiger charge is 2.32. The van der Waals surface area contributed by atoms with E-state index in [1.54, 1.807) is 39.5 Å². The molecular formula is C14H22N2O3. The van der Waals surface area contributed by atoms with Crippen LogP contribution in [-0.2, 0) is 9.53 Å². The predicted molar refractivity (Wildman–Crippen MR) is 74.4 cm³/mol. The fourth-order valence-electron chi connectivity index (χ4n) is 1.66. The van der Waals surface area contributed by atoms with Crippen molar-refractivity contribution >= 4 is 11.6 Å². The van der Waals surface area contributed by atoms with E-state index >= 15 is 0 Å². The Morgan fingerprint density at radius 3 is 2.63 bits per heavy atom. The van der Waals surface area contributed by atoms with Crippen LogP contribution < -0.4 is 10.1 Å². The van der Waals surface area contributed by atoms with E-state index in [0.29, 0.717) is 18.0 Å². The summed E-state index contributed by atoms with van der Waals surface area (Å²) in [6.07, 6.45) is 4.22. The van der Waals surface area contributed by atoms with Gasteiger partial charge < -0.3 is 14.8 Å². The summed E-state index contributed by atoms with van der Waals surface area (Å²) in [7, 11) is 3.11. The smallest absolute Gasteiger partial charge is 0.256 e. The summed E-state index contributed by atoms with van der Waals surface area (Å²) in [6.45, 7) is 3.89. The molecule has 5 nitrogen and oxygen atoms in total. The fraction of sp³-hybridized carbons (Fsp3) is 0.571. The summed E-state index contributed by atoms with van der Waals surface area (Å²) >= 11 is 0. The van der Waals surface area contributed by atoms with E-state index in [4.69, 9.17) is 9.47 Å². The molecule has 0 radical (unpaired) electrons. The van der Waals surface area contributed by atoms with Crippen LogP contribution in [0.2, 0.25) is 0 Å². The number of ether oxygens (including phenoxy) is 2. The number of nitrogens with one attached hydrogen (secondary N) is 1. The molecule has 1 amide bonds. The van der Waals surface area contributed by atoms with Crippen molar-refractivity contribution in [3.63, 3.8) is 0 Å². The summed E-state index contributed by atoms with van der Waals surface area (Å²) < 4.78 is 10.3. The maximum absolute atomic E-state index is 12.2. The monoisotopic (exact) mass is 266 g/mol. The van der Waals surface area contributed by atoms with Gasteiger partial charge in [0.25, 0.3) is 5.91 Å². The molecule has 0 aliphatic carbocycles.